The van der Waals surface area contributed by atoms with Gasteiger partial charge in [-0.3, -0.25) is 14.9 Å². The first-order chi connectivity index (χ1) is 15.6. The van der Waals surface area contributed by atoms with Crippen molar-refractivity contribution in [1.29, 1.82) is 0 Å². The number of amides is 1. The molecule has 3 heterocycles. The Hall–Kier alpha value is -4.66. The second-order valence-electron chi connectivity index (χ2n) is 7.16. The Balaban J connectivity index is 1.31. The van der Waals surface area contributed by atoms with E-state index in [1.54, 1.807) is 30.3 Å². The summed E-state index contributed by atoms with van der Waals surface area (Å²) in [7, 11) is 0. The summed E-state index contributed by atoms with van der Waals surface area (Å²) in [6.45, 7) is 0.283. The molecule has 3 aromatic heterocycles. The van der Waals surface area contributed by atoms with E-state index in [1.807, 2.05) is 35.0 Å². The Morgan fingerprint density at radius 1 is 1.16 bits per heavy atom. The summed E-state index contributed by atoms with van der Waals surface area (Å²) in [5.41, 5.74) is 3.05. The molecule has 0 saturated carbocycles. The molecule has 0 saturated heterocycles. The van der Waals surface area contributed by atoms with Crippen LogP contribution in [0.4, 0.5) is 11.4 Å². The van der Waals surface area contributed by atoms with Gasteiger partial charge < -0.3 is 19.4 Å². The highest BCUT2D eigenvalue weighted by Gasteiger charge is 2.16. The maximum atomic E-state index is 12.8. The summed E-state index contributed by atoms with van der Waals surface area (Å²) < 4.78 is 7.76. The minimum Gasteiger partial charge on any atom is -0.487 e. The molecular formula is C23H17N5O4. The third-order valence-electron chi connectivity index (χ3n) is 5.01. The highest BCUT2D eigenvalue weighted by Crippen LogP contribution is 2.25. The molecule has 0 aliphatic heterocycles. The Kier molecular flexibility index (Phi) is 4.75. The van der Waals surface area contributed by atoms with Crippen molar-refractivity contribution < 1.29 is 14.5 Å². The van der Waals surface area contributed by atoms with Gasteiger partial charge in [-0.15, -0.1) is 0 Å². The molecule has 5 rings (SSSR count). The number of nitro benzene ring substituents is 1. The highest BCUT2D eigenvalue weighted by molar-refractivity contribution is 6.13. The first kappa shape index (κ1) is 19.3. The SMILES string of the molecule is O=C(Nc1cccc(OCc2cn3ccccc3n2)c1)c1c[nH]c2ccc([N+](=O)[O-])cc12. The van der Waals surface area contributed by atoms with E-state index < -0.39 is 4.92 Å². The molecule has 5 aromatic rings. The van der Waals surface area contributed by atoms with Gasteiger partial charge in [0.2, 0.25) is 0 Å². The van der Waals surface area contributed by atoms with Crippen molar-refractivity contribution >= 4 is 33.8 Å². The molecule has 2 aromatic carbocycles. The van der Waals surface area contributed by atoms with Crippen LogP contribution in [0.25, 0.3) is 16.6 Å². The van der Waals surface area contributed by atoms with Crippen molar-refractivity contribution in [2.45, 2.75) is 6.61 Å². The number of benzene rings is 2. The van der Waals surface area contributed by atoms with Crippen molar-refractivity contribution in [1.82, 2.24) is 14.4 Å². The number of nitrogens with zero attached hydrogens (tertiary/aromatic N) is 3. The topological polar surface area (TPSA) is 115 Å². The number of ether oxygens (including phenoxy) is 1. The van der Waals surface area contributed by atoms with Crippen molar-refractivity contribution in [3.05, 3.63) is 101 Å². The van der Waals surface area contributed by atoms with E-state index >= 15 is 0 Å². The molecule has 1 amide bonds. The van der Waals surface area contributed by atoms with Crippen LogP contribution in [0, 0.1) is 10.1 Å². The molecule has 0 aliphatic carbocycles. The Morgan fingerprint density at radius 2 is 2.06 bits per heavy atom. The van der Waals surface area contributed by atoms with Crippen molar-refractivity contribution in [3.8, 4) is 5.75 Å². The third-order valence-corrected chi connectivity index (χ3v) is 5.01. The number of carbonyl (C=O) groups is 1. The summed E-state index contributed by atoms with van der Waals surface area (Å²) in [6.07, 6.45) is 5.35. The smallest absolute Gasteiger partial charge is 0.270 e. The Bertz CT molecular complexity index is 1440. The lowest BCUT2D eigenvalue weighted by molar-refractivity contribution is -0.384. The number of nitro groups is 1. The van der Waals surface area contributed by atoms with Gasteiger partial charge in [-0.2, -0.15) is 0 Å². The average molecular weight is 427 g/mol. The number of non-ortho nitro benzene ring substituents is 1. The van der Waals surface area contributed by atoms with E-state index in [4.69, 9.17) is 4.74 Å². The summed E-state index contributed by atoms with van der Waals surface area (Å²) >= 11 is 0. The number of fused-ring (bicyclic) bond motifs is 2. The van der Waals surface area contributed by atoms with E-state index in [0.29, 0.717) is 27.9 Å². The van der Waals surface area contributed by atoms with Gasteiger partial charge in [-0.25, -0.2) is 4.98 Å². The number of anilines is 1. The number of H-pyrrole nitrogens is 1. The molecule has 32 heavy (non-hydrogen) atoms. The minimum absolute atomic E-state index is 0.0755. The van der Waals surface area contributed by atoms with Gasteiger partial charge in [-0.1, -0.05) is 12.1 Å². The fourth-order valence-corrected chi connectivity index (χ4v) is 3.49. The Labute approximate surface area is 181 Å². The number of rotatable bonds is 6. The van der Waals surface area contributed by atoms with Gasteiger partial charge in [0, 0.05) is 53.4 Å². The summed E-state index contributed by atoms with van der Waals surface area (Å²) in [5.74, 6) is 0.198. The van der Waals surface area contributed by atoms with Crippen LogP contribution in [0.1, 0.15) is 16.1 Å². The van der Waals surface area contributed by atoms with Crippen LogP contribution < -0.4 is 10.1 Å². The monoisotopic (exact) mass is 427 g/mol. The first-order valence-corrected chi connectivity index (χ1v) is 9.79. The van der Waals surface area contributed by atoms with Crippen molar-refractivity contribution in [2.75, 3.05) is 5.32 Å². The number of imidazole rings is 1. The van der Waals surface area contributed by atoms with Crippen LogP contribution in [-0.2, 0) is 6.61 Å². The number of hydrogen-bond acceptors (Lipinski definition) is 5. The molecule has 0 atom stereocenters. The zero-order valence-electron chi connectivity index (χ0n) is 16.7. The van der Waals surface area contributed by atoms with Crippen LogP contribution in [0.2, 0.25) is 0 Å². The fraction of sp³-hybridized carbons (Fsp3) is 0.0435. The van der Waals surface area contributed by atoms with Gasteiger partial charge in [-0.05, 0) is 30.3 Å². The normalized spacial score (nSPS) is 11.0. The molecule has 9 heteroatoms. The lowest BCUT2D eigenvalue weighted by Gasteiger charge is -2.08. The minimum atomic E-state index is -0.488. The second kappa shape index (κ2) is 7.88. The average Bonchev–Trinajstić information content (AvgIpc) is 3.41. The maximum Gasteiger partial charge on any atom is 0.270 e. The standard InChI is InChI=1S/C23H17N5O4/c29-23(20-12-24-21-8-7-17(28(30)31)11-19(20)21)26-15-4-3-5-18(10-15)32-14-16-13-27-9-2-1-6-22(27)25-16/h1-13,24H,14H2,(H,26,29). The lowest BCUT2D eigenvalue weighted by atomic mass is 10.1. The Morgan fingerprint density at radius 3 is 2.91 bits per heavy atom. The molecule has 0 fully saturated rings. The molecule has 0 spiro atoms. The fourth-order valence-electron chi connectivity index (χ4n) is 3.49. The van der Waals surface area contributed by atoms with E-state index in [9.17, 15) is 14.9 Å². The molecule has 158 valence electrons. The quantitative estimate of drug-likeness (QED) is 0.305. The van der Waals surface area contributed by atoms with E-state index in [1.165, 1.54) is 18.3 Å². The molecule has 9 nitrogen and oxygen atoms in total. The summed E-state index contributed by atoms with van der Waals surface area (Å²) in [4.78, 5) is 30.8. The number of carbonyl (C=O) groups excluding carboxylic acids is 1. The molecule has 0 aliphatic rings. The summed E-state index contributed by atoms with van der Waals surface area (Å²) in [5, 5.41) is 14.4. The van der Waals surface area contributed by atoms with Gasteiger partial charge in [0.25, 0.3) is 11.6 Å². The maximum absolute atomic E-state index is 12.8. The van der Waals surface area contributed by atoms with E-state index in [0.717, 1.165) is 11.3 Å². The molecule has 2 N–H and O–H groups in total. The third kappa shape index (κ3) is 3.74. The number of nitrogens with one attached hydrogen (secondary N) is 2. The zero-order chi connectivity index (χ0) is 22.1. The molecule has 0 unspecified atom stereocenters. The van der Waals surface area contributed by atoms with Gasteiger partial charge >= 0.3 is 0 Å². The number of aromatic nitrogens is 3. The highest BCUT2D eigenvalue weighted by atomic mass is 16.6. The van der Waals surface area contributed by atoms with Gasteiger partial charge in [0.05, 0.1) is 16.2 Å². The second-order valence-corrected chi connectivity index (χ2v) is 7.16. The molecule has 0 radical (unpaired) electrons. The van der Waals surface area contributed by atoms with Crippen LogP contribution in [0.3, 0.4) is 0 Å². The van der Waals surface area contributed by atoms with Crippen LogP contribution in [-0.4, -0.2) is 25.2 Å². The van der Waals surface area contributed by atoms with E-state index in [2.05, 4.69) is 15.3 Å². The predicted molar refractivity (Wildman–Crippen MR) is 119 cm³/mol. The number of hydrogen-bond donors (Lipinski definition) is 2. The first-order valence-electron chi connectivity index (χ1n) is 9.79. The van der Waals surface area contributed by atoms with Crippen molar-refractivity contribution in [2.24, 2.45) is 0 Å². The van der Waals surface area contributed by atoms with Crippen LogP contribution in [0.15, 0.2) is 79.3 Å². The molecule has 0 bridgehead atoms. The van der Waals surface area contributed by atoms with E-state index in [-0.39, 0.29) is 18.2 Å². The zero-order valence-corrected chi connectivity index (χ0v) is 16.7. The molecular weight excluding hydrogens is 410 g/mol. The van der Waals surface area contributed by atoms with Gasteiger partial charge in [0.1, 0.15) is 18.0 Å². The van der Waals surface area contributed by atoms with Crippen LogP contribution >= 0.6 is 0 Å². The van der Waals surface area contributed by atoms with Crippen LogP contribution in [0.5, 0.6) is 5.75 Å². The summed E-state index contributed by atoms with van der Waals surface area (Å²) in [6, 6.07) is 17.1. The lowest BCUT2D eigenvalue weighted by Crippen LogP contribution is -2.11. The largest absolute Gasteiger partial charge is 0.487 e. The van der Waals surface area contributed by atoms with Crippen molar-refractivity contribution in [3.63, 3.8) is 0 Å². The predicted octanol–water partition coefficient (Wildman–Crippen LogP) is 4.56. The number of pyridine rings is 1. The number of aromatic amines is 1. The van der Waals surface area contributed by atoms with Gasteiger partial charge in [0.15, 0.2) is 0 Å².